The van der Waals surface area contributed by atoms with Gasteiger partial charge >= 0.3 is 0 Å². The van der Waals surface area contributed by atoms with Gasteiger partial charge in [-0.15, -0.1) is 0 Å². The van der Waals surface area contributed by atoms with Gasteiger partial charge in [-0.2, -0.15) is 0 Å². The summed E-state index contributed by atoms with van der Waals surface area (Å²) in [5.74, 6) is -1.28. The summed E-state index contributed by atoms with van der Waals surface area (Å²) in [6, 6.07) is 11.6. The Morgan fingerprint density at radius 2 is 1.78 bits per heavy atom. The molecule has 2 atom stereocenters. The van der Waals surface area contributed by atoms with Gasteiger partial charge in [0, 0.05) is 37.5 Å². The van der Waals surface area contributed by atoms with Crippen LogP contribution in [0.2, 0.25) is 0 Å². The molecule has 2 aromatic carbocycles. The molecule has 0 saturated carbocycles. The van der Waals surface area contributed by atoms with E-state index in [1.54, 1.807) is 24.0 Å². The molecule has 3 amide bonds. The second-order valence-electron chi connectivity index (χ2n) is 8.27. The van der Waals surface area contributed by atoms with E-state index in [4.69, 9.17) is 0 Å². The maximum absolute atomic E-state index is 13.7. The lowest BCUT2D eigenvalue weighted by Crippen LogP contribution is -2.54. The lowest BCUT2D eigenvalue weighted by Gasteiger charge is -2.37. The van der Waals surface area contributed by atoms with E-state index in [1.165, 1.54) is 6.07 Å². The van der Waals surface area contributed by atoms with Crippen LogP contribution in [0.25, 0.3) is 0 Å². The quantitative estimate of drug-likeness (QED) is 0.651. The molecule has 170 valence electrons. The molecule has 0 aromatic heterocycles. The fourth-order valence-corrected chi connectivity index (χ4v) is 3.76. The van der Waals surface area contributed by atoms with Crippen molar-refractivity contribution in [3.8, 4) is 0 Å². The van der Waals surface area contributed by atoms with Gasteiger partial charge in [-0.25, -0.2) is 4.39 Å². The summed E-state index contributed by atoms with van der Waals surface area (Å²) in [6.07, 6.45) is 1.16. The number of nitrogens with zero attached hydrogens (tertiary/aromatic N) is 1. The van der Waals surface area contributed by atoms with Crippen LogP contribution in [0.1, 0.15) is 47.3 Å². The van der Waals surface area contributed by atoms with E-state index < -0.39 is 17.8 Å². The topological polar surface area (TPSA) is 78.5 Å². The number of rotatable bonds is 7. The molecule has 2 N–H and O–H groups in total. The highest BCUT2D eigenvalue weighted by Crippen LogP contribution is 2.25. The minimum atomic E-state index is -0.590. The summed E-state index contributed by atoms with van der Waals surface area (Å²) in [6.45, 7) is 6.28. The summed E-state index contributed by atoms with van der Waals surface area (Å²) >= 11 is 0. The Balaban J connectivity index is 1.60. The van der Waals surface area contributed by atoms with E-state index in [2.05, 4.69) is 10.6 Å². The Morgan fingerprint density at radius 1 is 1.09 bits per heavy atom. The second-order valence-corrected chi connectivity index (χ2v) is 8.27. The van der Waals surface area contributed by atoms with Crippen LogP contribution in [-0.2, 0) is 22.6 Å². The van der Waals surface area contributed by atoms with Crippen LogP contribution in [0.15, 0.2) is 42.5 Å². The van der Waals surface area contributed by atoms with Crippen LogP contribution in [0.3, 0.4) is 0 Å². The molecule has 32 heavy (non-hydrogen) atoms. The fraction of sp³-hybridized carbons (Fsp3) is 0.400. The molecule has 0 bridgehead atoms. The minimum absolute atomic E-state index is 0.0307. The predicted octanol–water partition coefficient (Wildman–Crippen LogP) is 2.98. The lowest BCUT2D eigenvalue weighted by molar-refractivity contribution is -0.144. The third-order valence-corrected chi connectivity index (χ3v) is 6.01. The van der Waals surface area contributed by atoms with Gasteiger partial charge in [0.1, 0.15) is 11.9 Å². The molecule has 2 aromatic rings. The van der Waals surface area contributed by atoms with Gasteiger partial charge in [-0.05, 0) is 42.2 Å². The van der Waals surface area contributed by atoms with Crippen LogP contribution in [0.4, 0.5) is 4.39 Å². The van der Waals surface area contributed by atoms with Crippen molar-refractivity contribution in [3.63, 3.8) is 0 Å². The normalized spacial score (nSPS) is 16.1. The largest absolute Gasteiger partial charge is 0.353 e. The Morgan fingerprint density at radius 3 is 2.47 bits per heavy atom. The van der Waals surface area contributed by atoms with Crippen LogP contribution in [0.5, 0.6) is 0 Å². The number of benzene rings is 2. The summed E-state index contributed by atoms with van der Waals surface area (Å²) in [5, 5.41) is 5.51. The fourth-order valence-electron chi connectivity index (χ4n) is 3.76. The number of carbonyl (C=O) groups is 3. The van der Waals surface area contributed by atoms with Crippen molar-refractivity contribution >= 4 is 17.7 Å². The Kier molecular flexibility index (Phi) is 7.62. The molecule has 0 saturated heterocycles. The first-order valence-electron chi connectivity index (χ1n) is 11.0. The van der Waals surface area contributed by atoms with Gasteiger partial charge in [0.25, 0.3) is 5.91 Å². The predicted molar refractivity (Wildman–Crippen MR) is 120 cm³/mol. The number of fused-ring (bicyclic) bond motifs is 1. The number of nitrogens with one attached hydrogen (secondary N) is 2. The van der Waals surface area contributed by atoms with Gasteiger partial charge in [0.2, 0.25) is 11.8 Å². The molecule has 1 aliphatic rings. The first kappa shape index (κ1) is 23.4. The second kappa shape index (κ2) is 10.4. The number of carbonyl (C=O) groups excluding carboxylic acids is 3. The molecule has 0 radical (unpaired) electrons. The van der Waals surface area contributed by atoms with Crippen molar-refractivity contribution in [3.05, 3.63) is 70.5 Å². The molecule has 0 aliphatic carbocycles. The first-order chi connectivity index (χ1) is 15.3. The van der Waals surface area contributed by atoms with Crippen molar-refractivity contribution in [1.29, 1.82) is 0 Å². The zero-order valence-electron chi connectivity index (χ0n) is 18.8. The van der Waals surface area contributed by atoms with Gasteiger partial charge in [-0.3, -0.25) is 14.4 Å². The maximum atomic E-state index is 13.7. The van der Waals surface area contributed by atoms with Gasteiger partial charge in [-0.1, -0.05) is 44.2 Å². The van der Waals surface area contributed by atoms with E-state index in [9.17, 15) is 18.8 Å². The molecule has 1 heterocycles. The van der Waals surface area contributed by atoms with Crippen molar-refractivity contribution in [1.82, 2.24) is 15.5 Å². The van der Waals surface area contributed by atoms with Crippen LogP contribution >= 0.6 is 0 Å². The van der Waals surface area contributed by atoms with Crippen molar-refractivity contribution in [2.45, 2.75) is 46.2 Å². The number of hydrogen-bond donors (Lipinski definition) is 2. The Labute approximate surface area is 188 Å². The van der Waals surface area contributed by atoms with Gasteiger partial charge in [0.05, 0.1) is 0 Å². The molecule has 0 fully saturated rings. The smallest absolute Gasteiger partial charge is 0.251 e. The van der Waals surface area contributed by atoms with E-state index in [1.807, 2.05) is 38.1 Å². The molecule has 0 unspecified atom stereocenters. The number of aryl methyl sites for hydroxylation is 1. The molecule has 7 heteroatoms. The third-order valence-electron chi connectivity index (χ3n) is 6.01. The number of halogens is 1. The number of amides is 3. The standard InChI is InChI=1S/C25H30FN3O3/c1-4-16(2)25(32)29-15-20-8-6-5-7-18(20)14-22(29)24(31)28-12-11-27-23(30)19-10-9-17(3)21(26)13-19/h5-10,13,16,22H,4,11-12,14-15H2,1-3H3,(H,27,30)(H,28,31)/t16-,22+/m0/s1. The highest BCUT2D eigenvalue weighted by atomic mass is 19.1. The van der Waals surface area contributed by atoms with Crippen LogP contribution in [-0.4, -0.2) is 41.8 Å². The highest BCUT2D eigenvalue weighted by molar-refractivity contribution is 5.94. The molecular weight excluding hydrogens is 409 g/mol. The van der Waals surface area contributed by atoms with Crippen LogP contribution in [0, 0.1) is 18.7 Å². The van der Waals surface area contributed by atoms with Gasteiger partial charge in [0.15, 0.2) is 0 Å². The average molecular weight is 440 g/mol. The van der Waals surface area contributed by atoms with E-state index in [-0.39, 0.29) is 36.4 Å². The van der Waals surface area contributed by atoms with E-state index >= 15 is 0 Å². The Bertz CT molecular complexity index is 1010. The molecule has 3 rings (SSSR count). The zero-order valence-corrected chi connectivity index (χ0v) is 18.8. The summed E-state index contributed by atoms with van der Waals surface area (Å²) < 4.78 is 13.7. The molecule has 0 spiro atoms. The van der Waals surface area contributed by atoms with Crippen molar-refractivity contribution < 1.29 is 18.8 Å². The van der Waals surface area contributed by atoms with Crippen LogP contribution < -0.4 is 10.6 Å². The molecule has 1 aliphatic heterocycles. The SMILES string of the molecule is CC[C@H](C)C(=O)N1Cc2ccccc2C[C@@H]1C(=O)NCCNC(=O)c1ccc(C)c(F)c1. The number of hydrogen-bond acceptors (Lipinski definition) is 3. The van der Waals surface area contributed by atoms with Crippen molar-refractivity contribution in [2.24, 2.45) is 5.92 Å². The van der Waals surface area contributed by atoms with E-state index in [0.717, 1.165) is 11.1 Å². The molecule has 6 nitrogen and oxygen atoms in total. The monoisotopic (exact) mass is 439 g/mol. The van der Waals surface area contributed by atoms with Crippen molar-refractivity contribution in [2.75, 3.05) is 13.1 Å². The lowest BCUT2D eigenvalue weighted by atomic mass is 9.92. The zero-order chi connectivity index (χ0) is 23.3. The summed E-state index contributed by atoms with van der Waals surface area (Å²) in [4.78, 5) is 39.8. The Hall–Kier alpha value is -3.22. The minimum Gasteiger partial charge on any atom is -0.353 e. The maximum Gasteiger partial charge on any atom is 0.251 e. The molecular formula is C25H30FN3O3. The van der Waals surface area contributed by atoms with E-state index in [0.29, 0.717) is 24.9 Å². The summed E-state index contributed by atoms with van der Waals surface area (Å²) in [7, 11) is 0. The summed E-state index contributed by atoms with van der Waals surface area (Å²) in [5.41, 5.74) is 2.83. The average Bonchev–Trinajstić information content (AvgIpc) is 2.81. The third kappa shape index (κ3) is 5.33. The highest BCUT2D eigenvalue weighted by Gasteiger charge is 2.35. The first-order valence-corrected chi connectivity index (χ1v) is 11.0. The van der Waals surface area contributed by atoms with Gasteiger partial charge < -0.3 is 15.5 Å².